The lowest BCUT2D eigenvalue weighted by atomic mass is 9.96. The third-order valence-corrected chi connectivity index (χ3v) is 3.90. The van der Waals surface area contributed by atoms with Gasteiger partial charge < -0.3 is 19.4 Å². The molecule has 1 aromatic heterocycles. The maximum atomic E-state index is 12.4. The molecule has 1 unspecified atom stereocenters. The fraction of sp³-hybridized carbons (Fsp3) is 0.438. The smallest absolute Gasteiger partial charge is 0.227 e. The molecule has 0 radical (unpaired) electrons. The first-order valence-corrected chi connectivity index (χ1v) is 7.62. The quantitative estimate of drug-likeness (QED) is 0.852. The number of nitrogens with one attached hydrogen (secondary N) is 1. The minimum Gasteiger partial charge on any atom is -0.492 e. The summed E-state index contributed by atoms with van der Waals surface area (Å²) < 4.78 is 12.6. The number of methoxy groups -OCH3 is 1. The van der Waals surface area contributed by atoms with Gasteiger partial charge in [0, 0.05) is 13.7 Å². The average molecular weight is 316 g/mol. The maximum Gasteiger partial charge on any atom is 0.227 e. The number of rotatable bonds is 6. The van der Waals surface area contributed by atoms with Crippen LogP contribution in [0.25, 0.3) is 0 Å². The van der Waals surface area contributed by atoms with Gasteiger partial charge in [-0.1, -0.05) is 18.2 Å². The van der Waals surface area contributed by atoms with Gasteiger partial charge in [0.2, 0.25) is 5.91 Å². The molecule has 23 heavy (non-hydrogen) atoms. The molecule has 0 spiro atoms. The van der Waals surface area contributed by atoms with Gasteiger partial charge in [-0.25, -0.2) is 0 Å². The average Bonchev–Trinajstić information content (AvgIpc) is 3.04. The van der Waals surface area contributed by atoms with Crippen molar-refractivity contribution in [1.82, 2.24) is 20.1 Å². The van der Waals surface area contributed by atoms with Crippen LogP contribution in [0.2, 0.25) is 0 Å². The van der Waals surface area contributed by atoms with Gasteiger partial charge in [-0.15, -0.1) is 10.2 Å². The SMILES string of the molecule is COCCn1cnnc1CNC(=O)C1COc2ccccc2C1. The van der Waals surface area contributed by atoms with Crippen LogP contribution < -0.4 is 10.1 Å². The van der Waals surface area contributed by atoms with Crippen LogP contribution >= 0.6 is 0 Å². The predicted molar refractivity (Wildman–Crippen MR) is 82.9 cm³/mol. The fourth-order valence-corrected chi connectivity index (χ4v) is 2.60. The zero-order chi connectivity index (χ0) is 16.1. The summed E-state index contributed by atoms with van der Waals surface area (Å²) in [5.74, 6) is 1.38. The third kappa shape index (κ3) is 3.68. The molecule has 7 heteroatoms. The molecule has 0 bridgehead atoms. The normalized spacial score (nSPS) is 16.5. The topological polar surface area (TPSA) is 78.3 Å². The molecule has 0 saturated heterocycles. The lowest BCUT2D eigenvalue weighted by molar-refractivity contribution is -0.126. The van der Waals surface area contributed by atoms with Gasteiger partial charge in [0.15, 0.2) is 5.82 Å². The summed E-state index contributed by atoms with van der Waals surface area (Å²) in [5.41, 5.74) is 1.07. The second-order valence-electron chi connectivity index (χ2n) is 5.47. The maximum absolute atomic E-state index is 12.4. The molecule has 1 amide bonds. The van der Waals surface area contributed by atoms with Gasteiger partial charge >= 0.3 is 0 Å². The van der Waals surface area contributed by atoms with E-state index in [4.69, 9.17) is 9.47 Å². The van der Waals surface area contributed by atoms with E-state index in [0.29, 0.717) is 38.5 Å². The highest BCUT2D eigenvalue weighted by atomic mass is 16.5. The Balaban J connectivity index is 1.55. The van der Waals surface area contributed by atoms with E-state index in [2.05, 4.69) is 15.5 Å². The minimum atomic E-state index is -0.180. The molecule has 1 atom stereocenters. The highest BCUT2D eigenvalue weighted by Gasteiger charge is 2.25. The molecule has 2 heterocycles. The summed E-state index contributed by atoms with van der Waals surface area (Å²) in [5, 5.41) is 10.8. The molecule has 0 aliphatic carbocycles. The Kier molecular flexibility index (Phi) is 4.87. The van der Waals surface area contributed by atoms with Crippen LogP contribution in [0.3, 0.4) is 0 Å². The number of amides is 1. The third-order valence-electron chi connectivity index (χ3n) is 3.90. The number of aromatic nitrogens is 3. The fourth-order valence-electron chi connectivity index (χ4n) is 2.60. The van der Waals surface area contributed by atoms with E-state index in [-0.39, 0.29) is 11.8 Å². The Labute approximate surface area is 134 Å². The Bertz CT molecular complexity index is 671. The Morgan fingerprint density at radius 1 is 1.48 bits per heavy atom. The summed E-state index contributed by atoms with van der Waals surface area (Å²) in [6.07, 6.45) is 2.33. The van der Waals surface area contributed by atoms with E-state index < -0.39 is 0 Å². The predicted octanol–water partition coefficient (Wildman–Crippen LogP) is 0.792. The monoisotopic (exact) mass is 316 g/mol. The zero-order valence-electron chi connectivity index (χ0n) is 13.1. The highest BCUT2D eigenvalue weighted by molar-refractivity contribution is 5.79. The largest absolute Gasteiger partial charge is 0.492 e. The number of ether oxygens (including phenoxy) is 2. The lowest BCUT2D eigenvalue weighted by Gasteiger charge is -2.24. The minimum absolute atomic E-state index is 0.0270. The van der Waals surface area contributed by atoms with Gasteiger partial charge in [-0.2, -0.15) is 0 Å². The highest BCUT2D eigenvalue weighted by Crippen LogP contribution is 2.26. The van der Waals surface area contributed by atoms with Crippen LogP contribution in [-0.2, 0) is 29.0 Å². The molecule has 1 aromatic carbocycles. The van der Waals surface area contributed by atoms with Crippen LogP contribution in [0.4, 0.5) is 0 Å². The first-order chi connectivity index (χ1) is 11.3. The van der Waals surface area contributed by atoms with Crippen LogP contribution in [0.1, 0.15) is 11.4 Å². The number of fused-ring (bicyclic) bond motifs is 1. The van der Waals surface area contributed by atoms with Crippen molar-refractivity contribution in [2.24, 2.45) is 5.92 Å². The van der Waals surface area contributed by atoms with Gasteiger partial charge in [-0.05, 0) is 18.1 Å². The molecule has 0 saturated carbocycles. The Morgan fingerprint density at radius 2 is 2.35 bits per heavy atom. The van der Waals surface area contributed by atoms with Crippen LogP contribution in [0, 0.1) is 5.92 Å². The Hall–Kier alpha value is -2.41. The van der Waals surface area contributed by atoms with Crippen LogP contribution in [0.5, 0.6) is 5.75 Å². The molecule has 7 nitrogen and oxygen atoms in total. The number of nitrogens with zero attached hydrogens (tertiary/aromatic N) is 3. The molecule has 1 N–H and O–H groups in total. The summed E-state index contributed by atoms with van der Waals surface area (Å²) in [4.78, 5) is 12.4. The first kappa shape index (κ1) is 15.5. The second kappa shape index (κ2) is 7.23. The summed E-state index contributed by atoms with van der Waals surface area (Å²) in [6, 6.07) is 7.82. The number of para-hydroxylation sites is 1. The van der Waals surface area contributed by atoms with E-state index in [9.17, 15) is 4.79 Å². The van der Waals surface area contributed by atoms with Crippen molar-refractivity contribution in [1.29, 1.82) is 0 Å². The molecular weight excluding hydrogens is 296 g/mol. The number of hydrogen-bond donors (Lipinski definition) is 1. The lowest BCUT2D eigenvalue weighted by Crippen LogP contribution is -2.37. The molecule has 122 valence electrons. The van der Waals surface area contributed by atoms with Gasteiger partial charge in [-0.3, -0.25) is 4.79 Å². The molecule has 1 aliphatic rings. The van der Waals surface area contributed by atoms with Crippen molar-refractivity contribution in [3.05, 3.63) is 42.0 Å². The van der Waals surface area contributed by atoms with E-state index in [1.54, 1.807) is 13.4 Å². The first-order valence-electron chi connectivity index (χ1n) is 7.62. The Morgan fingerprint density at radius 3 is 3.22 bits per heavy atom. The van der Waals surface area contributed by atoms with E-state index in [1.807, 2.05) is 28.8 Å². The zero-order valence-corrected chi connectivity index (χ0v) is 13.1. The molecule has 2 aromatic rings. The van der Waals surface area contributed by atoms with Crippen molar-refractivity contribution in [3.63, 3.8) is 0 Å². The van der Waals surface area contributed by atoms with Gasteiger partial charge in [0.25, 0.3) is 0 Å². The van der Waals surface area contributed by atoms with Crippen molar-refractivity contribution in [2.75, 3.05) is 20.3 Å². The second-order valence-corrected chi connectivity index (χ2v) is 5.47. The molecular formula is C16H20N4O3. The van der Waals surface area contributed by atoms with E-state index in [1.165, 1.54) is 0 Å². The van der Waals surface area contributed by atoms with Crippen molar-refractivity contribution < 1.29 is 14.3 Å². The standard InChI is InChI=1S/C16H20N4O3/c1-22-7-6-20-11-18-19-15(20)9-17-16(21)13-8-12-4-2-3-5-14(12)23-10-13/h2-5,11,13H,6-10H2,1H3,(H,17,21). The summed E-state index contributed by atoms with van der Waals surface area (Å²) >= 11 is 0. The molecule has 0 fully saturated rings. The van der Waals surface area contributed by atoms with Crippen molar-refractivity contribution in [2.45, 2.75) is 19.5 Å². The van der Waals surface area contributed by atoms with E-state index >= 15 is 0 Å². The molecule has 3 rings (SSSR count). The van der Waals surface area contributed by atoms with Crippen molar-refractivity contribution >= 4 is 5.91 Å². The molecule has 1 aliphatic heterocycles. The number of benzene rings is 1. The van der Waals surface area contributed by atoms with Gasteiger partial charge in [0.05, 0.1) is 19.1 Å². The summed E-state index contributed by atoms with van der Waals surface area (Å²) in [6.45, 7) is 1.99. The summed E-state index contributed by atoms with van der Waals surface area (Å²) in [7, 11) is 1.65. The number of carbonyl (C=O) groups excluding carboxylic acids is 1. The van der Waals surface area contributed by atoms with Crippen LogP contribution in [0.15, 0.2) is 30.6 Å². The van der Waals surface area contributed by atoms with Gasteiger partial charge in [0.1, 0.15) is 18.7 Å². The van der Waals surface area contributed by atoms with E-state index in [0.717, 1.165) is 11.3 Å². The van der Waals surface area contributed by atoms with Crippen molar-refractivity contribution in [3.8, 4) is 5.75 Å². The van der Waals surface area contributed by atoms with Crippen LogP contribution in [-0.4, -0.2) is 41.0 Å². The number of carbonyl (C=O) groups is 1. The number of hydrogen-bond acceptors (Lipinski definition) is 5.